The molecule has 0 spiro atoms. The molecule has 1 saturated heterocycles. The zero-order valence-corrected chi connectivity index (χ0v) is 20.8. The van der Waals surface area contributed by atoms with E-state index in [9.17, 15) is 32.7 Å². The summed E-state index contributed by atoms with van der Waals surface area (Å²) in [5.41, 5.74) is -0.557. The summed E-state index contributed by atoms with van der Waals surface area (Å²) in [7, 11) is 0. The standard InChI is InChI=1S/C24H23F3N4O8/c1-11(32)36-8-16-20(37-12(2)33)21(38-13(3)34)23(39-16)31-10-30-18-17(28-9-29-22(18)31)19(35)14-4-6-15(7-5-14)24(25,26)27/h4-7,9-10,16,19-21,23,35H,8H2,1-3H3/t16-,19?,20-,21-,23-/m1/s1. The van der Waals surface area contributed by atoms with Crippen molar-refractivity contribution in [2.24, 2.45) is 0 Å². The van der Waals surface area contributed by atoms with Crippen LogP contribution in [0.3, 0.4) is 0 Å². The van der Waals surface area contributed by atoms with Crippen molar-refractivity contribution in [1.29, 1.82) is 0 Å². The number of esters is 3. The summed E-state index contributed by atoms with van der Waals surface area (Å²) < 4.78 is 61.9. The summed E-state index contributed by atoms with van der Waals surface area (Å²) in [6.07, 6.45) is -8.17. The van der Waals surface area contributed by atoms with E-state index in [1.807, 2.05) is 0 Å². The number of hydrogen-bond acceptors (Lipinski definition) is 11. The number of carbonyl (C=O) groups is 3. The molecule has 12 nitrogen and oxygen atoms in total. The number of fused-ring (bicyclic) bond motifs is 1. The van der Waals surface area contributed by atoms with E-state index in [0.29, 0.717) is 0 Å². The first-order valence-electron chi connectivity index (χ1n) is 11.5. The van der Waals surface area contributed by atoms with Gasteiger partial charge >= 0.3 is 24.1 Å². The molecule has 1 aliphatic rings. The molecule has 0 amide bonds. The van der Waals surface area contributed by atoms with Crippen LogP contribution in [-0.2, 0) is 39.5 Å². The van der Waals surface area contributed by atoms with Gasteiger partial charge in [0.15, 0.2) is 24.1 Å². The highest BCUT2D eigenvalue weighted by Gasteiger charge is 2.51. The number of carbonyl (C=O) groups excluding carboxylic acids is 3. The largest absolute Gasteiger partial charge is 0.463 e. The van der Waals surface area contributed by atoms with E-state index in [-0.39, 0.29) is 29.0 Å². The molecular weight excluding hydrogens is 529 g/mol. The van der Waals surface area contributed by atoms with Crippen LogP contribution in [0, 0.1) is 0 Å². The van der Waals surface area contributed by atoms with E-state index in [0.717, 1.165) is 44.4 Å². The van der Waals surface area contributed by atoms with E-state index < -0.39 is 60.3 Å². The lowest BCUT2D eigenvalue weighted by Crippen LogP contribution is -2.40. The summed E-state index contributed by atoms with van der Waals surface area (Å²) in [5, 5.41) is 10.9. The topological polar surface area (TPSA) is 152 Å². The van der Waals surface area contributed by atoms with E-state index in [4.69, 9.17) is 18.9 Å². The Morgan fingerprint density at radius 3 is 2.23 bits per heavy atom. The van der Waals surface area contributed by atoms with Gasteiger partial charge in [-0.05, 0) is 17.7 Å². The number of alkyl halides is 3. The van der Waals surface area contributed by atoms with Gasteiger partial charge in [-0.25, -0.2) is 15.0 Å². The molecule has 1 aromatic carbocycles. The summed E-state index contributed by atoms with van der Waals surface area (Å²) >= 11 is 0. The van der Waals surface area contributed by atoms with Crippen LogP contribution in [-0.4, -0.2) is 67.5 Å². The Bertz CT molecular complexity index is 1380. The molecule has 1 fully saturated rings. The molecule has 15 heteroatoms. The lowest BCUT2D eigenvalue weighted by molar-refractivity contribution is -0.166. The normalized spacial score (nSPS) is 21.9. The second kappa shape index (κ2) is 10.9. The van der Waals surface area contributed by atoms with E-state index in [2.05, 4.69) is 15.0 Å². The van der Waals surface area contributed by atoms with Gasteiger partial charge in [0.05, 0.1) is 11.9 Å². The van der Waals surface area contributed by atoms with Crippen molar-refractivity contribution in [1.82, 2.24) is 19.5 Å². The molecule has 1 unspecified atom stereocenters. The van der Waals surface area contributed by atoms with Crippen molar-refractivity contribution >= 4 is 29.1 Å². The number of imidazole rings is 1. The first kappa shape index (κ1) is 27.9. The molecular formula is C24H23F3N4O8. The fourth-order valence-electron chi connectivity index (χ4n) is 4.19. The van der Waals surface area contributed by atoms with Gasteiger partial charge in [-0.1, -0.05) is 12.1 Å². The maximum Gasteiger partial charge on any atom is 0.416 e. The number of aromatic nitrogens is 4. The van der Waals surface area contributed by atoms with Crippen LogP contribution < -0.4 is 0 Å². The Balaban J connectivity index is 1.71. The van der Waals surface area contributed by atoms with Crippen LogP contribution in [0.4, 0.5) is 13.2 Å². The lowest BCUT2D eigenvalue weighted by atomic mass is 10.0. The molecule has 208 valence electrons. The maximum absolute atomic E-state index is 12.9. The number of benzene rings is 1. The van der Waals surface area contributed by atoms with Crippen molar-refractivity contribution in [3.8, 4) is 0 Å². The average molecular weight is 552 g/mol. The molecule has 5 atom stereocenters. The number of rotatable bonds is 7. The van der Waals surface area contributed by atoms with Gasteiger partial charge in [0.25, 0.3) is 0 Å². The minimum Gasteiger partial charge on any atom is -0.463 e. The van der Waals surface area contributed by atoms with Gasteiger partial charge in [-0.15, -0.1) is 0 Å². The Morgan fingerprint density at radius 1 is 1.00 bits per heavy atom. The summed E-state index contributed by atoms with van der Waals surface area (Å²) in [6.45, 7) is 3.16. The zero-order chi connectivity index (χ0) is 28.5. The predicted octanol–water partition coefficient (Wildman–Crippen LogP) is 2.25. The molecule has 0 aliphatic carbocycles. The first-order valence-corrected chi connectivity index (χ1v) is 11.5. The highest BCUT2D eigenvalue weighted by molar-refractivity contribution is 5.74. The number of hydrogen-bond donors (Lipinski definition) is 1. The van der Waals surface area contributed by atoms with Gasteiger partial charge in [0, 0.05) is 20.8 Å². The fraction of sp³-hybridized carbons (Fsp3) is 0.417. The molecule has 4 rings (SSSR count). The van der Waals surface area contributed by atoms with Crippen LogP contribution in [0.1, 0.15) is 49.9 Å². The van der Waals surface area contributed by atoms with Crippen LogP contribution in [0.25, 0.3) is 11.2 Å². The lowest BCUT2D eigenvalue weighted by Gasteiger charge is -2.23. The summed E-state index contributed by atoms with van der Waals surface area (Å²) in [5.74, 6) is -2.03. The molecule has 2 aromatic heterocycles. The van der Waals surface area contributed by atoms with Crippen LogP contribution in [0.2, 0.25) is 0 Å². The number of ether oxygens (including phenoxy) is 4. The average Bonchev–Trinajstić information content (AvgIpc) is 3.42. The monoisotopic (exact) mass is 552 g/mol. The maximum atomic E-state index is 12.9. The third-order valence-electron chi connectivity index (χ3n) is 5.81. The molecule has 3 heterocycles. The van der Waals surface area contributed by atoms with Crippen LogP contribution in [0.5, 0.6) is 0 Å². The van der Waals surface area contributed by atoms with Crippen molar-refractivity contribution in [3.05, 3.63) is 53.7 Å². The summed E-state index contributed by atoms with van der Waals surface area (Å²) in [4.78, 5) is 47.6. The highest BCUT2D eigenvalue weighted by atomic mass is 19.4. The number of aliphatic hydroxyl groups is 1. The minimum atomic E-state index is -4.54. The van der Waals surface area contributed by atoms with Gasteiger partial charge in [0.2, 0.25) is 0 Å². The predicted molar refractivity (Wildman–Crippen MR) is 122 cm³/mol. The van der Waals surface area contributed by atoms with E-state index in [1.54, 1.807) is 0 Å². The Labute approximate surface area is 218 Å². The summed E-state index contributed by atoms with van der Waals surface area (Å²) in [6, 6.07) is 3.92. The van der Waals surface area contributed by atoms with Crippen LogP contribution in [0.15, 0.2) is 36.9 Å². The van der Waals surface area contributed by atoms with Crippen molar-refractivity contribution < 1.29 is 51.6 Å². The second-order valence-corrected chi connectivity index (χ2v) is 8.62. The molecule has 0 radical (unpaired) electrons. The third-order valence-corrected chi connectivity index (χ3v) is 5.81. The van der Waals surface area contributed by atoms with E-state index in [1.165, 1.54) is 17.8 Å². The number of nitrogens with zero attached hydrogens (tertiary/aromatic N) is 4. The molecule has 1 aliphatic heterocycles. The molecule has 0 saturated carbocycles. The van der Waals surface area contributed by atoms with Gasteiger partial charge in [-0.2, -0.15) is 13.2 Å². The van der Waals surface area contributed by atoms with Crippen molar-refractivity contribution in [2.45, 2.75) is 57.6 Å². The number of halogens is 3. The molecule has 0 bridgehead atoms. The highest BCUT2D eigenvalue weighted by Crippen LogP contribution is 2.37. The Kier molecular flexibility index (Phi) is 7.83. The first-order chi connectivity index (χ1) is 18.4. The Hall–Kier alpha value is -4.11. The molecule has 1 N–H and O–H groups in total. The van der Waals surface area contributed by atoms with Crippen molar-refractivity contribution in [3.63, 3.8) is 0 Å². The van der Waals surface area contributed by atoms with E-state index >= 15 is 0 Å². The quantitative estimate of drug-likeness (QED) is 0.339. The third kappa shape index (κ3) is 5.98. The molecule has 3 aromatic rings. The zero-order valence-electron chi connectivity index (χ0n) is 20.8. The fourth-order valence-corrected chi connectivity index (χ4v) is 4.19. The second-order valence-electron chi connectivity index (χ2n) is 8.62. The Morgan fingerprint density at radius 2 is 1.64 bits per heavy atom. The SMILES string of the molecule is CC(=O)OC[C@H]1O[C@@H](n2cnc3c(C(O)c4ccc(C(F)(F)F)cc4)ncnc32)[C@H](OC(C)=O)[C@@H]1OC(C)=O. The van der Waals surface area contributed by atoms with Crippen molar-refractivity contribution in [2.75, 3.05) is 6.61 Å². The number of aliphatic hydroxyl groups excluding tert-OH is 1. The van der Waals surface area contributed by atoms with Gasteiger partial charge < -0.3 is 24.1 Å². The van der Waals surface area contributed by atoms with Crippen LogP contribution >= 0.6 is 0 Å². The minimum absolute atomic E-state index is 0.00598. The molecule has 39 heavy (non-hydrogen) atoms. The van der Waals surface area contributed by atoms with Gasteiger partial charge in [0.1, 0.15) is 36.4 Å². The smallest absolute Gasteiger partial charge is 0.416 e. The van der Waals surface area contributed by atoms with Gasteiger partial charge in [-0.3, -0.25) is 19.0 Å².